The predicted octanol–water partition coefficient (Wildman–Crippen LogP) is 2.63. The largest absolute Gasteiger partial charge is 0.370 e. The lowest BCUT2D eigenvalue weighted by Crippen LogP contribution is -2.47. The molecule has 3 rings (SSSR count). The average molecular weight is 473 g/mol. The van der Waals surface area contributed by atoms with Crippen molar-refractivity contribution in [3.63, 3.8) is 0 Å². The van der Waals surface area contributed by atoms with Gasteiger partial charge in [0.05, 0.1) is 19.3 Å². The van der Waals surface area contributed by atoms with E-state index >= 15 is 0 Å². The first-order valence-corrected chi connectivity index (χ1v) is 8.37. The number of hydrogen-bond donors (Lipinski definition) is 1. The van der Waals surface area contributed by atoms with Gasteiger partial charge in [-0.3, -0.25) is 9.67 Å². The van der Waals surface area contributed by atoms with E-state index in [0.717, 1.165) is 23.6 Å². The van der Waals surface area contributed by atoms with E-state index in [9.17, 15) is 4.39 Å². The predicted molar refractivity (Wildman–Crippen MR) is 110 cm³/mol. The Hall–Kier alpha value is -1.68. The van der Waals surface area contributed by atoms with Crippen LogP contribution in [0.4, 0.5) is 4.39 Å². The number of guanidine groups is 1. The van der Waals surface area contributed by atoms with Crippen LogP contribution in [0.3, 0.4) is 0 Å². The molecule has 1 saturated heterocycles. The number of hydrogen-bond acceptors (Lipinski definition) is 3. The van der Waals surface area contributed by atoms with Crippen molar-refractivity contribution in [1.82, 2.24) is 20.0 Å². The summed E-state index contributed by atoms with van der Waals surface area (Å²) in [6, 6.07) is 5.28. The van der Waals surface area contributed by atoms with E-state index in [-0.39, 0.29) is 35.9 Å². The Morgan fingerprint density at radius 3 is 2.92 bits per heavy atom. The van der Waals surface area contributed by atoms with E-state index in [2.05, 4.69) is 20.3 Å². The van der Waals surface area contributed by atoms with Crippen LogP contribution in [0.25, 0.3) is 0 Å². The fourth-order valence-corrected chi connectivity index (χ4v) is 2.91. The first-order valence-electron chi connectivity index (χ1n) is 8.37. The van der Waals surface area contributed by atoms with Gasteiger partial charge in [0.25, 0.3) is 0 Å². The van der Waals surface area contributed by atoms with E-state index in [4.69, 9.17) is 4.74 Å². The lowest BCUT2D eigenvalue weighted by Gasteiger charge is -2.34. The van der Waals surface area contributed by atoms with Crippen molar-refractivity contribution in [3.8, 4) is 0 Å². The number of aryl methyl sites for hydroxylation is 2. The second kappa shape index (κ2) is 9.31. The van der Waals surface area contributed by atoms with E-state index in [1.807, 2.05) is 25.5 Å². The summed E-state index contributed by atoms with van der Waals surface area (Å²) in [5.41, 5.74) is 2.60. The molecular weight excluding hydrogens is 448 g/mol. The zero-order valence-corrected chi connectivity index (χ0v) is 17.6. The first kappa shape index (κ1) is 20.6. The first-order chi connectivity index (χ1) is 12.1. The fraction of sp³-hybridized carbons (Fsp3) is 0.444. The van der Waals surface area contributed by atoms with Gasteiger partial charge in [0.15, 0.2) is 5.96 Å². The van der Waals surface area contributed by atoms with Crippen LogP contribution < -0.4 is 5.32 Å². The summed E-state index contributed by atoms with van der Waals surface area (Å²) in [5.74, 6) is 0.607. The molecule has 2 aromatic rings. The molecule has 1 atom stereocenters. The number of halogens is 2. The molecule has 1 aliphatic rings. The maximum absolute atomic E-state index is 13.7. The Bertz CT molecular complexity index is 764. The summed E-state index contributed by atoms with van der Waals surface area (Å²) in [5, 5.41) is 7.52. The van der Waals surface area contributed by atoms with E-state index in [1.54, 1.807) is 30.8 Å². The van der Waals surface area contributed by atoms with Gasteiger partial charge in [0.2, 0.25) is 0 Å². The summed E-state index contributed by atoms with van der Waals surface area (Å²) in [6.07, 6.45) is 3.77. The van der Waals surface area contributed by atoms with Gasteiger partial charge in [-0.1, -0.05) is 12.1 Å². The lowest BCUT2D eigenvalue weighted by molar-refractivity contribution is -0.00805. The summed E-state index contributed by atoms with van der Waals surface area (Å²) in [4.78, 5) is 6.52. The molecule has 1 N–H and O–H groups in total. The second-order valence-corrected chi connectivity index (χ2v) is 6.24. The third-order valence-corrected chi connectivity index (χ3v) is 4.36. The van der Waals surface area contributed by atoms with Crippen molar-refractivity contribution in [2.75, 3.05) is 26.7 Å². The zero-order chi connectivity index (χ0) is 17.8. The minimum absolute atomic E-state index is 0. The Morgan fingerprint density at radius 2 is 2.27 bits per heavy atom. The van der Waals surface area contributed by atoms with E-state index < -0.39 is 0 Å². The summed E-state index contributed by atoms with van der Waals surface area (Å²) >= 11 is 0. The van der Waals surface area contributed by atoms with Gasteiger partial charge in [-0.05, 0) is 24.1 Å². The molecule has 2 heterocycles. The molecule has 142 valence electrons. The van der Waals surface area contributed by atoms with E-state index in [1.165, 1.54) is 0 Å². The third kappa shape index (κ3) is 4.94. The van der Waals surface area contributed by atoms with Gasteiger partial charge in [0.1, 0.15) is 11.9 Å². The molecule has 0 bridgehead atoms. The summed E-state index contributed by atoms with van der Waals surface area (Å²) in [6.45, 7) is 4.38. The van der Waals surface area contributed by atoms with Crippen molar-refractivity contribution in [2.45, 2.75) is 19.6 Å². The number of benzene rings is 1. The smallest absolute Gasteiger partial charge is 0.194 e. The minimum atomic E-state index is -0.183. The molecule has 0 aliphatic carbocycles. The highest BCUT2D eigenvalue weighted by molar-refractivity contribution is 14.0. The number of nitrogens with one attached hydrogen (secondary N) is 1. The van der Waals surface area contributed by atoms with Crippen LogP contribution in [0.15, 0.2) is 35.6 Å². The number of morpholine rings is 1. The summed E-state index contributed by atoms with van der Waals surface area (Å²) < 4.78 is 21.3. The van der Waals surface area contributed by atoms with Gasteiger partial charge in [0, 0.05) is 38.9 Å². The fourth-order valence-electron chi connectivity index (χ4n) is 2.91. The number of ether oxygens (including phenoxy) is 1. The number of nitrogens with zero attached hydrogens (tertiary/aromatic N) is 4. The Morgan fingerprint density at radius 1 is 1.46 bits per heavy atom. The van der Waals surface area contributed by atoms with Crippen molar-refractivity contribution in [1.29, 1.82) is 0 Å². The Labute approximate surface area is 170 Å². The Kier molecular flexibility index (Phi) is 7.39. The third-order valence-electron chi connectivity index (χ3n) is 4.36. The normalized spacial score (nSPS) is 17.8. The van der Waals surface area contributed by atoms with Crippen molar-refractivity contribution < 1.29 is 9.13 Å². The van der Waals surface area contributed by atoms with Gasteiger partial charge in [-0.2, -0.15) is 5.10 Å². The molecule has 8 heteroatoms. The molecule has 1 aliphatic heterocycles. The lowest BCUT2D eigenvalue weighted by atomic mass is 10.1. The van der Waals surface area contributed by atoms with Crippen LogP contribution in [0.1, 0.15) is 22.8 Å². The quantitative estimate of drug-likeness (QED) is 0.423. The molecular formula is C18H25FIN5O. The zero-order valence-electron chi connectivity index (χ0n) is 15.3. The molecule has 0 saturated carbocycles. The SMILES string of the molecule is CN=C(NCc1ccc(C)c(F)c1)N1CCOC(c2cnn(C)c2)C1.I. The maximum atomic E-state index is 13.7. The molecule has 1 unspecified atom stereocenters. The monoisotopic (exact) mass is 473 g/mol. The van der Waals surface area contributed by atoms with Gasteiger partial charge in [-0.15, -0.1) is 24.0 Å². The van der Waals surface area contributed by atoms with Crippen LogP contribution in [-0.4, -0.2) is 47.4 Å². The second-order valence-electron chi connectivity index (χ2n) is 6.24. The molecule has 1 aromatic heterocycles. The Balaban J connectivity index is 0.00000243. The van der Waals surface area contributed by atoms with Crippen molar-refractivity contribution in [2.24, 2.45) is 12.0 Å². The molecule has 1 fully saturated rings. The van der Waals surface area contributed by atoms with Crippen molar-refractivity contribution >= 4 is 29.9 Å². The molecule has 0 spiro atoms. The molecule has 0 amide bonds. The summed E-state index contributed by atoms with van der Waals surface area (Å²) in [7, 11) is 3.65. The minimum Gasteiger partial charge on any atom is -0.370 e. The van der Waals surface area contributed by atoms with Crippen LogP contribution >= 0.6 is 24.0 Å². The molecule has 1 aromatic carbocycles. The number of aromatic nitrogens is 2. The molecule has 0 radical (unpaired) electrons. The standard InChI is InChI=1S/C18H24FN5O.HI/c1-13-4-5-14(8-16(13)19)9-21-18(20-2)24-6-7-25-17(12-24)15-10-22-23(3)11-15;/h4-5,8,10-11,17H,6-7,9,12H2,1-3H3,(H,20,21);1H. The van der Waals surface area contributed by atoms with Crippen molar-refractivity contribution in [3.05, 3.63) is 53.1 Å². The van der Waals surface area contributed by atoms with Gasteiger partial charge >= 0.3 is 0 Å². The highest BCUT2D eigenvalue weighted by atomic mass is 127. The number of aliphatic imine (C=N–C) groups is 1. The van der Waals surface area contributed by atoms with Crippen LogP contribution in [0, 0.1) is 12.7 Å². The topological polar surface area (TPSA) is 54.7 Å². The maximum Gasteiger partial charge on any atom is 0.194 e. The highest BCUT2D eigenvalue weighted by Gasteiger charge is 2.25. The van der Waals surface area contributed by atoms with E-state index in [0.29, 0.717) is 25.3 Å². The van der Waals surface area contributed by atoms with Crippen LogP contribution in [-0.2, 0) is 18.3 Å². The average Bonchev–Trinajstić information content (AvgIpc) is 3.05. The van der Waals surface area contributed by atoms with Gasteiger partial charge < -0.3 is 15.0 Å². The molecule has 6 nitrogen and oxygen atoms in total. The van der Waals surface area contributed by atoms with Gasteiger partial charge in [-0.25, -0.2) is 4.39 Å². The van der Waals surface area contributed by atoms with Crippen LogP contribution in [0.5, 0.6) is 0 Å². The number of rotatable bonds is 3. The van der Waals surface area contributed by atoms with Crippen LogP contribution in [0.2, 0.25) is 0 Å². The molecule has 26 heavy (non-hydrogen) atoms. The highest BCUT2D eigenvalue weighted by Crippen LogP contribution is 2.21.